The molecule has 0 bridgehead atoms. The molecule has 0 spiro atoms. The maximum atomic E-state index is 11.4. The number of rotatable bonds is 3. The summed E-state index contributed by atoms with van der Waals surface area (Å²) in [6, 6.07) is 7.72. The zero-order valence-electron chi connectivity index (χ0n) is 10.9. The lowest BCUT2D eigenvalue weighted by Gasteiger charge is -2.31. The summed E-state index contributed by atoms with van der Waals surface area (Å²) in [5.41, 5.74) is 1.16. The van der Waals surface area contributed by atoms with Gasteiger partial charge in [0.15, 0.2) is 9.84 Å². The molecule has 0 aliphatic carbocycles. The van der Waals surface area contributed by atoms with Gasteiger partial charge >= 0.3 is 0 Å². The van der Waals surface area contributed by atoms with Crippen LogP contribution in [0.1, 0.15) is 12.5 Å². The van der Waals surface area contributed by atoms with Crippen molar-refractivity contribution in [1.82, 2.24) is 10.2 Å². The second-order valence-corrected chi connectivity index (χ2v) is 7.02. The van der Waals surface area contributed by atoms with Crippen LogP contribution in [0, 0.1) is 0 Å². The van der Waals surface area contributed by atoms with Crippen LogP contribution in [0.2, 0.25) is 0 Å². The zero-order valence-corrected chi connectivity index (χ0v) is 11.7. The molecule has 1 atom stereocenters. The summed E-state index contributed by atoms with van der Waals surface area (Å²) in [6.45, 7) is 6.16. The van der Waals surface area contributed by atoms with Crippen LogP contribution in [0.3, 0.4) is 0 Å². The highest BCUT2D eigenvalue weighted by Crippen LogP contribution is 2.12. The molecule has 0 unspecified atom stereocenters. The van der Waals surface area contributed by atoms with Crippen molar-refractivity contribution < 1.29 is 8.42 Å². The average Bonchev–Trinajstić information content (AvgIpc) is 2.28. The summed E-state index contributed by atoms with van der Waals surface area (Å²) < 4.78 is 22.7. The molecule has 100 valence electrons. The van der Waals surface area contributed by atoms with Gasteiger partial charge in [0.25, 0.3) is 0 Å². The van der Waals surface area contributed by atoms with Crippen LogP contribution < -0.4 is 5.32 Å². The molecule has 2 rings (SSSR count). The number of piperazine rings is 1. The fraction of sp³-hybridized carbons (Fsp3) is 0.538. The van der Waals surface area contributed by atoms with Gasteiger partial charge in [-0.15, -0.1) is 0 Å². The molecule has 1 N–H and O–H groups in total. The van der Waals surface area contributed by atoms with E-state index in [1.165, 1.54) is 6.26 Å². The number of nitrogens with one attached hydrogen (secondary N) is 1. The first-order valence-corrected chi connectivity index (χ1v) is 8.09. The van der Waals surface area contributed by atoms with Gasteiger partial charge in [-0.2, -0.15) is 0 Å². The summed E-state index contributed by atoms with van der Waals surface area (Å²) in [6.07, 6.45) is 1.24. The van der Waals surface area contributed by atoms with E-state index in [0.29, 0.717) is 10.9 Å². The monoisotopic (exact) mass is 268 g/mol. The molecule has 1 aliphatic rings. The van der Waals surface area contributed by atoms with Crippen LogP contribution in [0.4, 0.5) is 0 Å². The van der Waals surface area contributed by atoms with Crippen LogP contribution in [-0.2, 0) is 16.4 Å². The van der Waals surface area contributed by atoms with Gasteiger partial charge in [0, 0.05) is 38.5 Å². The van der Waals surface area contributed by atoms with Gasteiger partial charge in [-0.1, -0.05) is 12.1 Å². The Labute approximate surface area is 109 Å². The van der Waals surface area contributed by atoms with Crippen LogP contribution in [-0.4, -0.2) is 45.2 Å². The average molecular weight is 268 g/mol. The van der Waals surface area contributed by atoms with Crippen molar-refractivity contribution in [2.45, 2.75) is 24.4 Å². The van der Waals surface area contributed by atoms with Crippen molar-refractivity contribution in [1.29, 1.82) is 0 Å². The number of hydrogen-bond donors (Lipinski definition) is 1. The SMILES string of the molecule is C[C@@H]1CN(Cc2ccc(S(C)(=O)=O)cc2)CCN1. The van der Waals surface area contributed by atoms with E-state index in [1.807, 2.05) is 12.1 Å². The van der Waals surface area contributed by atoms with Gasteiger partial charge < -0.3 is 5.32 Å². The van der Waals surface area contributed by atoms with Gasteiger partial charge in [0.2, 0.25) is 0 Å². The standard InChI is InChI=1S/C13H20N2O2S/c1-11-9-15(8-7-14-11)10-12-3-5-13(6-4-12)18(2,16)17/h3-6,11,14H,7-10H2,1-2H3/t11-/m1/s1. The minimum Gasteiger partial charge on any atom is -0.312 e. The minimum absolute atomic E-state index is 0.389. The fourth-order valence-electron chi connectivity index (χ4n) is 2.26. The van der Waals surface area contributed by atoms with Crippen molar-refractivity contribution in [2.75, 3.05) is 25.9 Å². The third-order valence-electron chi connectivity index (χ3n) is 3.21. The molecule has 1 aliphatic heterocycles. The number of benzene rings is 1. The predicted octanol–water partition coefficient (Wildman–Crippen LogP) is 0.884. The third kappa shape index (κ3) is 3.54. The van der Waals surface area contributed by atoms with Crippen molar-refractivity contribution in [3.63, 3.8) is 0 Å². The zero-order chi connectivity index (χ0) is 13.2. The molecule has 1 heterocycles. The minimum atomic E-state index is -3.09. The summed E-state index contributed by atoms with van der Waals surface area (Å²) in [7, 11) is -3.09. The van der Waals surface area contributed by atoms with Crippen LogP contribution in [0.5, 0.6) is 0 Å². The molecule has 1 aromatic rings. The number of hydrogen-bond acceptors (Lipinski definition) is 4. The van der Waals surface area contributed by atoms with Crippen molar-refractivity contribution >= 4 is 9.84 Å². The lowest BCUT2D eigenvalue weighted by molar-refractivity contribution is 0.199. The van der Waals surface area contributed by atoms with Gasteiger partial charge in [-0.3, -0.25) is 4.90 Å². The summed E-state index contributed by atoms with van der Waals surface area (Å²) in [5.74, 6) is 0. The molecule has 0 saturated carbocycles. The topological polar surface area (TPSA) is 49.4 Å². The maximum Gasteiger partial charge on any atom is 0.175 e. The van der Waals surface area contributed by atoms with E-state index in [-0.39, 0.29) is 0 Å². The lowest BCUT2D eigenvalue weighted by Crippen LogP contribution is -2.48. The van der Waals surface area contributed by atoms with E-state index >= 15 is 0 Å². The predicted molar refractivity (Wildman–Crippen MR) is 72.3 cm³/mol. The second kappa shape index (κ2) is 5.38. The molecule has 4 nitrogen and oxygen atoms in total. The lowest BCUT2D eigenvalue weighted by atomic mass is 10.1. The summed E-state index contributed by atoms with van der Waals surface area (Å²) in [5, 5.41) is 3.41. The van der Waals surface area contributed by atoms with E-state index < -0.39 is 9.84 Å². The van der Waals surface area contributed by atoms with E-state index in [1.54, 1.807) is 12.1 Å². The third-order valence-corrected chi connectivity index (χ3v) is 4.34. The van der Waals surface area contributed by atoms with Crippen LogP contribution >= 0.6 is 0 Å². The Kier molecular flexibility index (Phi) is 4.04. The Morgan fingerprint density at radius 3 is 2.56 bits per heavy atom. The molecule has 18 heavy (non-hydrogen) atoms. The van der Waals surface area contributed by atoms with Gasteiger partial charge in [-0.25, -0.2) is 8.42 Å². The van der Waals surface area contributed by atoms with Crippen LogP contribution in [0.25, 0.3) is 0 Å². The van der Waals surface area contributed by atoms with Crippen molar-refractivity contribution in [2.24, 2.45) is 0 Å². The van der Waals surface area contributed by atoms with E-state index in [0.717, 1.165) is 31.7 Å². The second-order valence-electron chi connectivity index (χ2n) is 5.01. The number of sulfone groups is 1. The largest absolute Gasteiger partial charge is 0.312 e. The Morgan fingerprint density at radius 1 is 1.33 bits per heavy atom. The van der Waals surface area contributed by atoms with Gasteiger partial charge in [0.05, 0.1) is 4.90 Å². The Morgan fingerprint density at radius 2 is 2.00 bits per heavy atom. The Balaban J connectivity index is 2.02. The smallest absolute Gasteiger partial charge is 0.175 e. The molecule has 5 heteroatoms. The molecular weight excluding hydrogens is 248 g/mol. The Hall–Kier alpha value is -0.910. The molecule has 1 aromatic carbocycles. The quantitative estimate of drug-likeness (QED) is 0.884. The molecule has 0 aromatic heterocycles. The first kappa shape index (κ1) is 13.5. The summed E-state index contributed by atoms with van der Waals surface area (Å²) >= 11 is 0. The highest BCUT2D eigenvalue weighted by Gasteiger charge is 2.15. The highest BCUT2D eigenvalue weighted by atomic mass is 32.2. The van der Waals surface area contributed by atoms with Crippen molar-refractivity contribution in [3.8, 4) is 0 Å². The normalized spacial score (nSPS) is 22.0. The molecule has 1 fully saturated rings. The first-order valence-electron chi connectivity index (χ1n) is 6.20. The van der Waals surface area contributed by atoms with E-state index in [2.05, 4.69) is 17.1 Å². The number of nitrogens with zero attached hydrogens (tertiary/aromatic N) is 1. The highest BCUT2D eigenvalue weighted by molar-refractivity contribution is 7.90. The van der Waals surface area contributed by atoms with E-state index in [4.69, 9.17) is 0 Å². The first-order chi connectivity index (χ1) is 8.45. The molecule has 1 saturated heterocycles. The van der Waals surface area contributed by atoms with Gasteiger partial charge in [-0.05, 0) is 24.6 Å². The summed E-state index contributed by atoms with van der Waals surface area (Å²) in [4.78, 5) is 2.77. The maximum absolute atomic E-state index is 11.4. The molecular formula is C13H20N2O2S. The Bertz CT molecular complexity index is 496. The van der Waals surface area contributed by atoms with Gasteiger partial charge in [0.1, 0.15) is 0 Å². The van der Waals surface area contributed by atoms with E-state index in [9.17, 15) is 8.42 Å². The molecule has 0 amide bonds. The van der Waals surface area contributed by atoms with Crippen LogP contribution in [0.15, 0.2) is 29.2 Å². The fourth-order valence-corrected chi connectivity index (χ4v) is 2.89. The molecule has 0 radical (unpaired) electrons. The van der Waals surface area contributed by atoms with Crippen molar-refractivity contribution in [3.05, 3.63) is 29.8 Å².